The van der Waals surface area contributed by atoms with E-state index in [1.54, 1.807) is 30.3 Å². The number of nitrogens with zero attached hydrogens (tertiary/aromatic N) is 2. The van der Waals surface area contributed by atoms with E-state index in [2.05, 4.69) is 30.9 Å². The highest BCUT2D eigenvalue weighted by atomic mass is 19.1. The highest BCUT2D eigenvalue weighted by Crippen LogP contribution is 2.40. The topological polar surface area (TPSA) is 53.0 Å². The number of hydrogen-bond acceptors (Lipinski definition) is 5. The van der Waals surface area contributed by atoms with E-state index in [-0.39, 0.29) is 23.1 Å². The van der Waals surface area contributed by atoms with Gasteiger partial charge in [-0.2, -0.15) is 0 Å². The minimum absolute atomic E-state index is 0.107. The van der Waals surface area contributed by atoms with Gasteiger partial charge in [0.2, 0.25) is 5.78 Å². The quantitative estimate of drug-likeness (QED) is 0.491. The smallest absolute Gasteiger partial charge is 0.231 e. The van der Waals surface area contributed by atoms with E-state index in [0.29, 0.717) is 61.2 Å². The van der Waals surface area contributed by atoms with Crippen molar-refractivity contribution in [2.75, 3.05) is 31.1 Å². The van der Waals surface area contributed by atoms with Gasteiger partial charge in [-0.05, 0) is 47.4 Å². The molecule has 6 heteroatoms. The van der Waals surface area contributed by atoms with Gasteiger partial charge in [0.1, 0.15) is 17.3 Å². The van der Waals surface area contributed by atoms with Crippen molar-refractivity contribution in [2.24, 2.45) is 0 Å². The maximum Gasteiger partial charge on any atom is 0.231 e. The molecule has 0 aliphatic carbocycles. The lowest BCUT2D eigenvalue weighted by atomic mass is 10.0. The van der Waals surface area contributed by atoms with Gasteiger partial charge in [-0.3, -0.25) is 9.69 Å². The predicted molar refractivity (Wildman–Crippen MR) is 135 cm³/mol. The average molecular weight is 473 g/mol. The van der Waals surface area contributed by atoms with Gasteiger partial charge in [0, 0.05) is 32.7 Å². The molecule has 1 saturated heterocycles. The Kier molecular flexibility index (Phi) is 6.31. The average Bonchev–Trinajstić information content (AvgIpc) is 3.17. The Bertz CT molecular complexity index is 1280. The van der Waals surface area contributed by atoms with E-state index in [4.69, 9.17) is 4.74 Å². The number of para-hydroxylation sites is 1. The van der Waals surface area contributed by atoms with Crippen molar-refractivity contribution in [3.8, 4) is 11.5 Å². The summed E-state index contributed by atoms with van der Waals surface area (Å²) in [5, 5.41) is 10.6. The zero-order chi connectivity index (χ0) is 24.5. The second kappa shape index (κ2) is 9.55. The molecule has 0 amide bonds. The molecule has 2 aliphatic heterocycles. The van der Waals surface area contributed by atoms with Crippen molar-refractivity contribution in [1.82, 2.24) is 4.90 Å². The monoisotopic (exact) mass is 472 g/mol. The Morgan fingerprint density at radius 3 is 2.40 bits per heavy atom. The van der Waals surface area contributed by atoms with E-state index in [9.17, 15) is 14.3 Å². The Morgan fingerprint density at radius 1 is 1.00 bits per heavy atom. The first-order valence-electron chi connectivity index (χ1n) is 12.0. The van der Waals surface area contributed by atoms with Crippen LogP contribution in [0.2, 0.25) is 0 Å². The van der Waals surface area contributed by atoms with Crippen molar-refractivity contribution >= 4 is 17.5 Å². The largest absolute Gasteiger partial charge is 0.507 e. The van der Waals surface area contributed by atoms with E-state index in [1.807, 2.05) is 23.1 Å². The zero-order valence-corrected chi connectivity index (χ0v) is 20.0. The molecule has 5 rings (SSSR count). The van der Waals surface area contributed by atoms with E-state index < -0.39 is 0 Å². The fraction of sp³-hybridized carbons (Fsp3) is 0.276. The molecule has 1 N–H and O–H groups in total. The molecule has 3 aromatic carbocycles. The van der Waals surface area contributed by atoms with Gasteiger partial charge in [0.25, 0.3) is 0 Å². The predicted octanol–water partition coefficient (Wildman–Crippen LogP) is 5.59. The molecule has 5 nitrogen and oxygen atoms in total. The molecule has 2 heterocycles. The highest BCUT2D eigenvalue weighted by molar-refractivity contribution is 6.15. The normalized spacial score (nSPS) is 17.2. The van der Waals surface area contributed by atoms with Gasteiger partial charge >= 0.3 is 0 Å². The van der Waals surface area contributed by atoms with Crippen LogP contribution in [0, 0.1) is 5.82 Å². The zero-order valence-electron chi connectivity index (χ0n) is 20.0. The number of hydrogen-bond donors (Lipinski definition) is 1. The Labute approximate surface area is 205 Å². The third-order valence-electron chi connectivity index (χ3n) is 6.76. The molecule has 0 bridgehead atoms. The molecule has 35 heavy (non-hydrogen) atoms. The maximum absolute atomic E-state index is 14.2. The Balaban J connectivity index is 1.32. The maximum atomic E-state index is 14.2. The molecule has 1 fully saturated rings. The summed E-state index contributed by atoms with van der Waals surface area (Å²) in [4.78, 5) is 17.3. The van der Waals surface area contributed by atoms with Crippen LogP contribution in [0.5, 0.6) is 11.5 Å². The van der Waals surface area contributed by atoms with Crippen molar-refractivity contribution in [3.05, 3.63) is 94.5 Å². The van der Waals surface area contributed by atoms with Gasteiger partial charge in [0.15, 0.2) is 5.76 Å². The third kappa shape index (κ3) is 4.66. The molecule has 0 spiro atoms. The number of ether oxygens (including phenoxy) is 1. The van der Waals surface area contributed by atoms with Crippen LogP contribution in [-0.4, -0.2) is 42.0 Å². The molecule has 0 atom stereocenters. The molecular formula is C29H29FN2O3. The number of halogens is 1. The van der Waals surface area contributed by atoms with Gasteiger partial charge < -0.3 is 14.7 Å². The number of phenols is 1. The number of rotatable bonds is 5. The number of allylic oxidation sites excluding steroid dienone is 1. The summed E-state index contributed by atoms with van der Waals surface area (Å²) in [5.74, 6) is 0.827. The molecule has 0 unspecified atom stereocenters. The third-order valence-corrected chi connectivity index (χ3v) is 6.76. The fourth-order valence-corrected chi connectivity index (χ4v) is 4.66. The lowest BCUT2D eigenvalue weighted by molar-refractivity contribution is 0.101. The number of carbonyl (C=O) groups excluding carboxylic acids is 1. The fourth-order valence-electron chi connectivity index (χ4n) is 4.66. The molecule has 0 saturated carbocycles. The SMILES string of the molecule is CC(C)c1ccc(/C=C2/Oc3c(ccc(O)c3CN3CCN(c4ccccc4F)CC3)C2=O)cc1. The van der Waals surface area contributed by atoms with E-state index >= 15 is 0 Å². The summed E-state index contributed by atoms with van der Waals surface area (Å²) in [6.07, 6.45) is 1.75. The van der Waals surface area contributed by atoms with Gasteiger partial charge in [0.05, 0.1) is 16.8 Å². The van der Waals surface area contributed by atoms with Gasteiger partial charge in [-0.25, -0.2) is 4.39 Å². The van der Waals surface area contributed by atoms with Crippen molar-refractivity contribution in [3.63, 3.8) is 0 Å². The van der Waals surface area contributed by atoms with Crippen molar-refractivity contribution in [2.45, 2.75) is 26.3 Å². The summed E-state index contributed by atoms with van der Waals surface area (Å²) in [6.45, 7) is 7.49. The second-order valence-corrected chi connectivity index (χ2v) is 9.42. The van der Waals surface area contributed by atoms with Gasteiger partial charge in [-0.1, -0.05) is 50.2 Å². The minimum Gasteiger partial charge on any atom is -0.507 e. The van der Waals surface area contributed by atoms with Crippen LogP contribution in [0.25, 0.3) is 6.08 Å². The highest BCUT2D eigenvalue weighted by Gasteiger charge is 2.32. The number of anilines is 1. The molecule has 180 valence electrons. The Hall–Kier alpha value is -3.64. The summed E-state index contributed by atoms with van der Waals surface area (Å²) >= 11 is 0. The number of Topliss-reactive ketones (excluding diaryl/α,β-unsaturated/α-hetero) is 1. The number of phenolic OH excluding ortho intramolecular Hbond substituents is 1. The van der Waals surface area contributed by atoms with Crippen LogP contribution in [0.4, 0.5) is 10.1 Å². The standard InChI is InChI=1S/C29H29FN2O3/c1-19(2)21-9-7-20(8-10-21)17-27-28(34)22-11-12-26(33)23(29(22)35-27)18-31-13-15-32(16-14-31)25-6-4-3-5-24(25)30/h3-12,17,19,33H,13-16,18H2,1-2H3/b27-17+. The molecule has 3 aromatic rings. The number of benzene rings is 3. The lowest BCUT2D eigenvalue weighted by Crippen LogP contribution is -2.46. The number of fused-ring (bicyclic) bond motifs is 1. The van der Waals surface area contributed by atoms with Crippen LogP contribution in [0.15, 0.2) is 66.4 Å². The van der Waals surface area contributed by atoms with Crippen LogP contribution < -0.4 is 9.64 Å². The van der Waals surface area contributed by atoms with Crippen LogP contribution in [-0.2, 0) is 6.54 Å². The van der Waals surface area contributed by atoms with Crippen molar-refractivity contribution < 1.29 is 19.0 Å². The van der Waals surface area contributed by atoms with Crippen LogP contribution in [0.3, 0.4) is 0 Å². The summed E-state index contributed by atoms with van der Waals surface area (Å²) in [7, 11) is 0. The number of ketones is 1. The van der Waals surface area contributed by atoms with E-state index in [0.717, 1.165) is 5.56 Å². The van der Waals surface area contributed by atoms with E-state index in [1.165, 1.54) is 11.6 Å². The molecule has 0 aromatic heterocycles. The molecular weight excluding hydrogens is 443 g/mol. The summed E-state index contributed by atoms with van der Waals surface area (Å²) < 4.78 is 20.2. The van der Waals surface area contributed by atoms with Crippen molar-refractivity contribution in [1.29, 1.82) is 0 Å². The summed E-state index contributed by atoms with van der Waals surface area (Å²) in [6, 6.07) is 18.1. The first-order chi connectivity index (χ1) is 16.9. The molecule has 2 aliphatic rings. The van der Waals surface area contributed by atoms with Crippen LogP contribution in [0.1, 0.15) is 46.8 Å². The number of carbonyl (C=O) groups is 1. The number of aromatic hydroxyl groups is 1. The molecule has 0 radical (unpaired) electrons. The Morgan fingerprint density at radius 2 is 1.71 bits per heavy atom. The summed E-state index contributed by atoms with van der Waals surface area (Å²) in [5.41, 5.74) is 3.80. The van der Waals surface area contributed by atoms with Crippen LogP contribution >= 0.6 is 0 Å². The lowest BCUT2D eigenvalue weighted by Gasteiger charge is -2.36. The second-order valence-electron chi connectivity index (χ2n) is 9.42. The number of piperazine rings is 1. The first-order valence-corrected chi connectivity index (χ1v) is 12.0. The van der Waals surface area contributed by atoms with Gasteiger partial charge in [-0.15, -0.1) is 0 Å². The minimum atomic E-state index is -0.218. The first kappa shape index (κ1) is 23.1.